The molecule has 0 heterocycles. The number of carbonyl (C=O) groups excluding carboxylic acids is 1. The lowest BCUT2D eigenvalue weighted by Crippen LogP contribution is -2.34. The fourth-order valence-corrected chi connectivity index (χ4v) is 2.61. The van der Waals surface area contributed by atoms with Crippen LogP contribution in [0.1, 0.15) is 22.0 Å². The molecule has 0 aromatic heterocycles. The van der Waals surface area contributed by atoms with Gasteiger partial charge in [0.25, 0.3) is 5.91 Å². The minimum Gasteiger partial charge on any atom is -0.496 e. The topological polar surface area (TPSA) is 41.6 Å². The molecule has 2 aromatic carbocycles. The molecule has 2 aromatic rings. The Morgan fingerprint density at radius 3 is 2.67 bits per heavy atom. The Labute approximate surface area is 146 Å². The van der Waals surface area contributed by atoms with Gasteiger partial charge >= 0.3 is 0 Å². The second kappa shape index (κ2) is 8.13. The van der Waals surface area contributed by atoms with Gasteiger partial charge in [-0.1, -0.05) is 23.7 Å². The Hall–Kier alpha value is -2.11. The lowest BCUT2D eigenvalue weighted by Gasteiger charge is -2.25. The van der Waals surface area contributed by atoms with Crippen LogP contribution < -0.4 is 10.1 Å². The molecule has 0 spiro atoms. The van der Waals surface area contributed by atoms with Crippen LogP contribution in [0, 0.1) is 5.82 Å². The lowest BCUT2D eigenvalue weighted by atomic mass is 10.1. The van der Waals surface area contributed by atoms with Gasteiger partial charge in [0.15, 0.2) is 0 Å². The summed E-state index contributed by atoms with van der Waals surface area (Å²) in [6.07, 6.45) is 0. The van der Waals surface area contributed by atoms with Gasteiger partial charge in [0.1, 0.15) is 11.6 Å². The zero-order valence-corrected chi connectivity index (χ0v) is 14.6. The smallest absolute Gasteiger partial charge is 0.255 e. The summed E-state index contributed by atoms with van der Waals surface area (Å²) in [6.45, 7) is 0.334. The number of carbonyl (C=O) groups is 1. The van der Waals surface area contributed by atoms with Crippen LogP contribution >= 0.6 is 11.6 Å². The van der Waals surface area contributed by atoms with Crippen LogP contribution in [0.5, 0.6) is 5.75 Å². The molecule has 1 amide bonds. The second-order valence-electron chi connectivity index (χ2n) is 5.59. The van der Waals surface area contributed by atoms with E-state index >= 15 is 0 Å². The summed E-state index contributed by atoms with van der Waals surface area (Å²) in [5, 5.41) is 3.36. The van der Waals surface area contributed by atoms with Crippen molar-refractivity contribution in [2.45, 2.75) is 6.04 Å². The average Bonchev–Trinajstić information content (AvgIpc) is 2.54. The number of likely N-dealkylation sites (N-methyl/N-ethyl adjacent to an activating group) is 1. The van der Waals surface area contributed by atoms with Crippen molar-refractivity contribution in [3.05, 3.63) is 64.4 Å². The summed E-state index contributed by atoms with van der Waals surface area (Å²) < 4.78 is 18.7. The van der Waals surface area contributed by atoms with Gasteiger partial charge in [-0.15, -0.1) is 0 Å². The van der Waals surface area contributed by atoms with E-state index in [4.69, 9.17) is 16.3 Å². The normalized spacial score (nSPS) is 12.1. The molecule has 0 aliphatic heterocycles. The van der Waals surface area contributed by atoms with Crippen molar-refractivity contribution in [1.29, 1.82) is 0 Å². The van der Waals surface area contributed by atoms with E-state index in [1.807, 2.05) is 25.1 Å². The largest absolute Gasteiger partial charge is 0.496 e. The molecule has 24 heavy (non-hydrogen) atoms. The number of benzene rings is 2. The molecule has 1 unspecified atom stereocenters. The standard InChI is InChI=1S/C18H20ClFN2O2/c1-22(2)16(12-5-4-6-14(20)9-12)11-21-18(23)15-8-7-13(19)10-17(15)24-3/h4-10,16H,11H2,1-3H3,(H,21,23). The quantitative estimate of drug-likeness (QED) is 0.866. The molecule has 128 valence electrons. The number of halogens is 2. The van der Waals surface area contributed by atoms with Gasteiger partial charge in [-0.3, -0.25) is 4.79 Å². The number of ether oxygens (including phenoxy) is 1. The summed E-state index contributed by atoms with van der Waals surface area (Å²) in [6, 6.07) is 11.1. The predicted molar refractivity (Wildman–Crippen MR) is 93.2 cm³/mol. The molecule has 1 atom stereocenters. The zero-order valence-electron chi connectivity index (χ0n) is 13.8. The van der Waals surface area contributed by atoms with Crippen molar-refractivity contribution in [2.75, 3.05) is 27.7 Å². The van der Waals surface area contributed by atoms with Crippen LogP contribution in [0.4, 0.5) is 4.39 Å². The number of methoxy groups -OCH3 is 1. The maximum Gasteiger partial charge on any atom is 0.255 e. The van der Waals surface area contributed by atoms with Gasteiger partial charge in [-0.2, -0.15) is 0 Å². The number of rotatable bonds is 6. The summed E-state index contributed by atoms with van der Waals surface area (Å²) >= 11 is 5.91. The number of nitrogens with one attached hydrogen (secondary N) is 1. The molecule has 6 heteroatoms. The van der Waals surface area contributed by atoms with Crippen molar-refractivity contribution in [3.63, 3.8) is 0 Å². The Kier molecular flexibility index (Phi) is 6.17. The van der Waals surface area contributed by atoms with E-state index < -0.39 is 0 Å². The fraction of sp³-hybridized carbons (Fsp3) is 0.278. The maximum absolute atomic E-state index is 13.5. The molecule has 0 fully saturated rings. The molecule has 1 N–H and O–H groups in total. The number of amides is 1. The lowest BCUT2D eigenvalue weighted by molar-refractivity contribution is 0.0939. The molecule has 0 saturated carbocycles. The van der Waals surface area contributed by atoms with Crippen LogP contribution in [0.25, 0.3) is 0 Å². The highest BCUT2D eigenvalue weighted by atomic mass is 35.5. The average molecular weight is 351 g/mol. The highest BCUT2D eigenvalue weighted by Crippen LogP contribution is 2.23. The molecular weight excluding hydrogens is 331 g/mol. The molecular formula is C18H20ClFN2O2. The van der Waals surface area contributed by atoms with Crippen LogP contribution in [0.2, 0.25) is 5.02 Å². The van der Waals surface area contributed by atoms with Crippen molar-refractivity contribution in [2.24, 2.45) is 0 Å². The predicted octanol–water partition coefficient (Wildman–Crippen LogP) is 3.52. The van der Waals surface area contributed by atoms with E-state index in [1.54, 1.807) is 24.3 Å². The SMILES string of the molecule is COc1cc(Cl)ccc1C(=O)NCC(c1cccc(F)c1)N(C)C. The number of hydrogen-bond donors (Lipinski definition) is 1. The zero-order chi connectivity index (χ0) is 17.7. The highest BCUT2D eigenvalue weighted by Gasteiger charge is 2.18. The molecule has 0 saturated heterocycles. The first-order valence-electron chi connectivity index (χ1n) is 7.46. The summed E-state index contributed by atoms with van der Waals surface area (Å²) in [7, 11) is 5.24. The summed E-state index contributed by atoms with van der Waals surface area (Å²) in [5.74, 6) is -0.163. The van der Waals surface area contributed by atoms with Crippen LogP contribution in [-0.4, -0.2) is 38.6 Å². The van der Waals surface area contributed by atoms with Crippen molar-refractivity contribution < 1.29 is 13.9 Å². The minimum atomic E-state index is -0.301. The Bertz CT molecular complexity index is 722. The molecule has 0 aliphatic carbocycles. The maximum atomic E-state index is 13.5. The van der Waals surface area contributed by atoms with Gasteiger partial charge in [-0.05, 0) is 50.0 Å². The first kappa shape index (κ1) is 18.2. The van der Waals surface area contributed by atoms with Gasteiger partial charge in [0, 0.05) is 11.6 Å². The van der Waals surface area contributed by atoms with Crippen molar-refractivity contribution >= 4 is 17.5 Å². The molecule has 2 rings (SSSR count). The van der Waals surface area contributed by atoms with E-state index in [1.165, 1.54) is 19.2 Å². The molecule has 4 nitrogen and oxygen atoms in total. The van der Waals surface area contributed by atoms with Crippen molar-refractivity contribution in [1.82, 2.24) is 10.2 Å². The van der Waals surface area contributed by atoms with Crippen LogP contribution in [-0.2, 0) is 0 Å². The Balaban J connectivity index is 2.14. The molecule has 0 radical (unpaired) electrons. The number of hydrogen-bond acceptors (Lipinski definition) is 3. The third kappa shape index (κ3) is 4.46. The van der Waals surface area contributed by atoms with E-state index in [0.29, 0.717) is 22.9 Å². The Morgan fingerprint density at radius 2 is 2.04 bits per heavy atom. The van der Waals surface area contributed by atoms with Gasteiger partial charge in [-0.25, -0.2) is 4.39 Å². The van der Waals surface area contributed by atoms with Gasteiger partial charge in [0.05, 0.1) is 18.7 Å². The summed E-state index contributed by atoms with van der Waals surface area (Å²) in [5.41, 5.74) is 1.20. The van der Waals surface area contributed by atoms with E-state index in [-0.39, 0.29) is 17.8 Å². The van der Waals surface area contributed by atoms with E-state index in [0.717, 1.165) is 5.56 Å². The van der Waals surface area contributed by atoms with Crippen molar-refractivity contribution in [3.8, 4) is 5.75 Å². The first-order valence-corrected chi connectivity index (χ1v) is 7.83. The van der Waals surface area contributed by atoms with E-state index in [9.17, 15) is 9.18 Å². The molecule has 0 bridgehead atoms. The Morgan fingerprint density at radius 1 is 1.29 bits per heavy atom. The number of nitrogens with zero attached hydrogens (tertiary/aromatic N) is 1. The van der Waals surface area contributed by atoms with Gasteiger partial charge in [0.2, 0.25) is 0 Å². The summed E-state index contributed by atoms with van der Waals surface area (Å²) in [4.78, 5) is 14.4. The highest BCUT2D eigenvalue weighted by molar-refractivity contribution is 6.30. The third-order valence-electron chi connectivity index (χ3n) is 3.72. The minimum absolute atomic E-state index is 0.150. The molecule has 0 aliphatic rings. The van der Waals surface area contributed by atoms with E-state index in [2.05, 4.69) is 5.32 Å². The third-order valence-corrected chi connectivity index (χ3v) is 3.96. The second-order valence-corrected chi connectivity index (χ2v) is 6.03. The van der Waals surface area contributed by atoms with Crippen LogP contribution in [0.15, 0.2) is 42.5 Å². The first-order chi connectivity index (χ1) is 11.4. The fourth-order valence-electron chi connectivity index (χ4n) is 2.45. The van der Waals surface area contributed by atoms with Crippen LogP contribution in [0.3, 0.4) is 0 Å². The van der Waals surface area contributed by atoms with Gasteiger partial charge < -0.3 is 15.0 Å². The monoisotopic (exact) mass is 350 g/mol.